The van der Waals surface area contributed by atoms with Crippen molar-refractivity contribution in [2.24, 2.45) is 12.0 Å². The maximum atomic E-state index is 5.57. The van der Waals surface area contributed by atoms with Crippen molar-refractivity contribution in [3.63, 3.8) is 0 Å². The highest BCUT2D eigenvalue weighted by Gasteiger charge is 2.24. The molecule has 1 aliphatic rings. The van der Waals surface area contributed by atoms with Crippen LogP contribution in [-0.4, -0.2) is 74.3 Å². The molecule has 9 heteroatoms. The van der Waals surface area contributed by atoms with Crippen molar-refractivity contribution in [1.82, 2.24) is 25.3 Å². The van der Waals surface area contributed by atoms with Crippen LogP contribution in [0, 0.1) is 0 Å². The first-order valence-corrected chi connectivity index (χ1v) is 10.7. The molecule has 2 heterocycles. The van der Waals surface area contributed by atoms with Crippen molar-refractivity contribution in [2.75, 3.05) is 53.6 Å². The fourth-order valence-electron chi connectivity index (χ4n) is 3.66. The summed E-state index contributed by atoms with van der Waals surface area (Å²) in [6, 6.07) is 8.24. The topological polar surface area (TPSA) is 85.2 Å². The van der Waals surface area contributed by atoms with Gasteiger partial charge in [0.1, 0.15) is 0 Å². The minimum atomic E-state index is 0.143. The Balaban J connectivity index is 1.78. The normalized spacial score (nSPS) is 16.1. The van der Waals surface area contributed by atoms with Crippen LogP contribution in [-0.2, 0) is 18.3 Å². The molecule has 1 atom stereocenters. The van der Waals surface area contributed by atoms with E-state index in [1.54, 1.807) is 20.4 Å². The predicted molar refractivity (Wildman–Crippen MR) is 121 cm³/mol. The largest absolute Gasteiger partial charge is 0.493 e. The van der Waals surface area contributed by atoms with E-state index < -0.39 is 0 Å². The summed E-state index contributed by atoms with van der Waals surface area (Å²) in [6.45, 7) is 7.34. The highest BCUT2D eigenvalue weighted by Crippen LogP contribution is 2.32. The molecular weight excluding hydrogens is 396 g/mol. The molecule has 1 saturated heterocycles. The Kier molecular flexibility index (Phi) is 8.54. The number of rotatable bonds is 9. The van der Waals surface area contributed by atoms with Crippen molar-refractivity contribution in [2.45, 2.75) is 19.5 Å². The molecule has 3 rings (SSSR count). The van der Waals surface area contributed by atoms with E-state index in [2.05, 4.69) is 39.7 Å². The van der Waals surface area contributed by atoms with Crippen LogP contribution >= 0.6 is 0 Å². The van der Waals surface area contributed by atoms with Crippen molar-refractivity contribution in [1.29, 1.82) is 0 Å². The van der Waals surface area contributed by atoms with Gasteiger partial charge in [-0.3, -0.25) is 9.58 Å². The van der Waals surface area contributed by atoms with E-state index in [0.717, 1.165) is 61.6 Å². The molecule has 9 nitrogen and oxygen atoms in total. The van der Waals surface area contributed by atoms with Gasteiger partial charge >= 0.3 is 0 Å². The number of methoxy groups -OCH3 is 2. The molecule has 1 fully saturated rings. The van der Waals surface area contributed by atoms with Crippen LogP contribution in [0.2, 0.25) is 0 Å². The van der Waals surface area contributed by atoms with E-state index in [0.29, 0.717) is 13.1 Å². The van der Waals surface area contributed by atoms with Crippen LogP contribution in [0.3, 0.4) is 0 Å². The van der Waals surface area contributed by atoms with Gasteiger partial charge in [0.05, 0.1) is 45.7 Å². The standard InChI is InChI=1S/C22H34N6O3/c1-5-23-22(24-15-18-8-9-26-27(18)2)25-16-19(28-10-12-31-13-11-28)17-6-7-20(29-3)21(14-17)30-4/h6-9,14,19H,5,10-13,15-16H2,1-4H3,(H2,23,24,25). The molecule has 1 aliphatic heterocycles. The van der Waals surface area contributed by atoms with Gasteiger partial charge in [0.15, 0.2) is 17.5 Å². The van der Waals surface area contributed by atoms with E-state index in [9.17, 15) is 0 Å². The summed E-state index contributed by atoms with van der Waals surface area (Å²) in [5.41, 5.74) is 2.22. The molecule has 31 heavy (non-hydrogen) atoms. The molecule has 0 amide bonds. The molecule has 0 spiro atoms. The highest BCUT2D eigenvalue weighted by atomic mass is 16.5. The molecule has 2 aromatic rings. The Morgan fingerprint density at radius 1 is 1.16 bits per heavy atom. The number of hydrogen-bond donors (Lipinski definition) is 2. The third kappa shape index (κ3) is 6.11. The Morgan fingerprint density at radius 2 is 1.94 bits per heavy atom. The molecule has 2 N–H and O–H groups in total. The smallest absolute Gasteiger partial charge is 0.191 e. The zero-order valence-electron chi connectivity index (χ0n) is 18.9. The molecule has 0 aliphatic carbocycles. The van der Waals surface area contributed by atoms with Gasteiger partial charge in [-0.2, -0.15) is 5.10 Å². The molecule has 1 aromatic carbocycles. The lowest BCUT2D eigenvalue weighted by Gasteiger charge is -2.35. The second-order valence-corrected chi connectivity index (χ2v) is 7.30. The van der Waals surface area contributed by atoms with E-state index in [1.165, 1.54) is 0 Å². The van der Waals surface area contributed by atoms with E-state index in [1.807, 2.05) is 23.9 Å². The van der Waals surface area contributed by atoms with Crippen LogP contribution in [0.25, 0.3) is 0 Å². The molecular formula is C22H34N6O3. The predicted octanol–water partition coefficient (Wildman–Crippen LogP) is 1.57. The summed E-state index contributed by atoms with van der Waals surface area (Å²) in [7, 11) is 5.24. The number of aliphatic imine (C=N–C) groups is 1. The summed E-state index contributed by atoms with van der Waals surface area (Å²) in [6.07, 6.45) is 1.79. The van der Waals surface area contributed by atoms with Crippen molar-refractivity contribution in [3.05, 3.63) is 41.7 Å². The van der Waals surface area contributed by atoms with Gasteiger partial charge < -0.3 is 24.8 Å². The number of ether oxygens (including phenoxy) is 3. The summed E-state index contributed by atoms with van der Waals surface area (Å²) in [5, 5.41) is 11.1. The Labute approximate surface area is 184 Å². The Hall–Kier alpha value is -2.78. The number of benzene rings is 1. The number of morpholine rings is 1. The van der Waals surface area contributed by atoms with Crippen molar-refractivity contribution >= 4 is 5.96 Å². The summed E-state index contributed by atoms with van der Waals surface area (Å²) in [5.74, 6) is 2.24. The quantitative estimate of drug-likeness (QED) is 0.461. The summed E-state index contributed by atoms with van der Waals surface area (Å²) in [4.78, 5) is 7.17. The number of guanidine groups is 1. The zero-order valence-corrected chi connectivity index (χ0v) is 18.9. The highest BCUT2D eigenvalue weighted by molar-refractivity contribution is 5.79. The fourth-order valence-corrected chi connectivity index (χ4v) is 3.66. The van der Waals surface area contributed by atoms with Crippen LogP contribution < -0.4 is 20.1 Å². The second kappa shape index (κ2) is 11.6. The van der Waals surface area contributed by atoms with Crippen molar-refractivity contribution < 1.29 is 14.2 Å². The lowest BCUT2D eigenvalue weighted by molar-refractivity contribution is 0.0169. The molecule has 0 bridgehead atoms. The van der Waals surface area contributed by atoms with E-state index in [4.69, 9.17) is 19.2 Å². The lowest BCUT2D eigenvalue weighted by atomic mass is 10.0. The van der Waals surface area contributed by atoms with Crippen molar-refractivity contribution in [3.8, 4) is 11.5 Å². The van der Waals surface area contributed by atoms with Crippen LogP contribution in [0.15, 0.2) is 35.5 Å². The van der Waals surface area contributed by atoms with E-state index >= 15 is 0 Å². The first-order valence-electron chi connectivity index (χ1n) is 10.7. The lowest BCUT2D eigenvalue weighted by Crippen LogP contribution is -2.46. The van der Waals surface area contributed by atoms with Crippen LogP contribution in [0.1, 0.15) is 24.2 Å². The Bertz CT molecular complexity index is 848. The third-order valence-corrected chi connectivity index (χ3v) is 5.41. The maximum Gasteiger partial charge on any atom is 0.191 e. The van der Waals surface area contributed by atoms with Gasteiger partial charge in [0.25, 0.3) is 0 Å². The number of aryl methyl sites for hydroxylation is 1. The fraction of sp³-hybridized carbons (Fsp3) is 0.545. The molecule has 0 radical (unpaired) electrons. The van der Waals surface area contributed by atoms with Gasteiger partial charge in [-0.25, -0.2) is 4.99 Å². The van der Waals surface area contributed by atoms with Gasteiger partial charge in [0, 0.05) is 39.4 Å². The molecule has 0 saturated carbocycles. The average molecular weight is 431 g/mol. The average Bonchev–Trinajstić information content (AvgIpc) is 3.22. The van der Waals surface area contributed by atoms with Gasteiger partial charge in [0.2, 0.25) is 0 Å². The maximum absolute atomic E-state index is 5.57. The Morgan fingerprint density at radius 3 is 2.58 bits per heavy atom. The summed E-state index contributed by atoms with van der Waals surface area (Å²) >= 11 is 0. The van der Waals surface area contributed by atoms with E-state index in [-0.39, 0.29) is 6.04 Å². The molecule has 1 aromatic heterocycles. The first kappa shape index (κ1) is 22.9. The van der Waals surface area contributed by atoms with Gasteiger partial charge in [-0.15, -0.1) is 0 Å². The minimum absolute atomic E-state index is 0.143. The molecule has 170 valence electrons. The third-order valence-electron chi connectivity index (χ3n) is 5.41. The first-order chi connectivity index (χ1) is 15.2. The van der Waals surface area contributed by atoms with Gasteiger partial charge in [-0.05, 0) is 30.7 Å². The number of nitrogens with zero attached hydrogens (tertiary/aromatic N) is 4. The van der Waals surface area contributed by atoms with Gasteiger partial charge in [-0.1, -0.05) is 6.07 Å². The molecule has 1 unspecified atom stereocenters. The zero-order chi connectivity index (χ0) is 22.1. The number of aromatic nitrogens is 2. The SMILES string of the molecule is CCNC(=NCc1ccnn1C)NCC(c1ccc(OC)c(OC)c1)N1CCOCC1. The number of nitrogens with one attached hydrogen (secondary N) is 2. The van der Waals surface area contributed by atoms with Crippen LogP contribution in [0.4, 0.5) is 0 Å². The monoisotopic (exact) mass is 430 g/mol. The minimum Gasteiger partial charge on any atom is -0.493 e. The number of hydrogen-bond acceptors (Lipinski definition) is 6. The second-order valence-electron chi connectivity index (χ2n) is 7.30. The summed E-state index contributed by atoms with van der Waals surface area (Å²) < 4.78 is 18.4. The van der Waals surface area contributed by atoms with Crippen LogP contribution in [0.5, 0.6) is 11.5 Å².